The highest BCUT2D eigenvalue weighted by molar-refractivity contribution is 5.85. The van der Waals surface area contributed by atoms with Crippen LogP contribution in [0.1, 0.15) is 30.4 Å². The number of methoxy groups -OCH3 is 1. The normalized spacial score (nSPS) is 10.0. The van der Waals surface area contributed by atoms with Crippen molar-refractivity contribution >= 4 is 11.9 Å². The van der Waals surface area contributed by atoms with E-state index in [-0.39, 0.29) is 12.4 Å². The van der Waals surface area contributed by atoms with E-state index in [1.807, 2.05) is 6.92 Å². The molecule has 8 nitrogen and oxygen atoms in total. The van der Waals surface area contributed by atoms with Crippen molar-refractivity contribution in [2.45, 2.75) is 26.3 Å². The van der Waals surface area contributed by atoms with Gasteiger partial charge >= 0.3 is 11.9 Å². The van der Waals surface area contributed by atoms with Gasteiger partial charge in [-0.25, -0.2) is 9.48 Å². The summed E-state index contributed by atoms with van der Waals surface area (Å²) in [5, 5.41) is 10.3. The maximum atomic E-state index is 11.5. The lowest BCUT2D eigenvalue weighted by molar-refractivity contribution is -0.141. The van der Waals surface area contributed by atoms with Gasteiger partial charge in [0.05, 0.1) is 13.7 Å². The van der Waals surface area contributed by atoms with Gasteiger partial charge in [0.15, 0.2) is 0 Å². The number of nitrogens with zero attached hydrogens (tertiary/aromatic N) is 4. The van der Waals surface area contributed by atoms with Crippen molar-refractivity contribution in [1.82, 2.24) is 20.2 Å². The number of aromatic nitrogens is 4. The van der Waals surface area contributed by atoms with Gasteiger partial charge in [0.2, 0.25) is 0 Å². The maximum absolute atomic E-state index is 11.5. The van der Waals surface area contributed by atoms with E-state index < -0.39 is 11.9 Å². The summed E-state index contributed by atoms with van der Waals surface area (Å²) < 4.78 is 10.4. The van der Waals surface area contributed by atoms with E-state index in [1.165, 1.54) is 7.11 Å². The van der Waals surface area contributed by atoms with Gasteiger partial charge in [-0.05, 0) is 16.8 Å². The fourth-order valence-electron chi connectivity index (χ4n) is 1.02. The first-order valence-electron chi connectivity index (χ1n) is 5.19. The van der Waals surface area contributed by atoms with Gasteiger partial charge in [-0.3, -0.25) is 4.79 Å². The average Bonchev–Trinajstić information content (AvgIpc) is 2.77. The fourth-order valence-corrected chi connectivity index (χ4v) is 1.02. The van der Waals surface area contributed by atoms with E-state index in [2.05, 4.69) is 20.3 Å². The summed E-state index contributed by atoms with van der Waals surface area (Å²) in [6, 6.07) is 0. The molecule has 1 aromatic rings. The van der Waals surface area contributed by atoms with Crippen LogP contribution in [0.2, 0.25) is 0 Å². The number of hydrogen-bond donors (Lipinski definition) is 0. The molecule has 1 rings (SSSR count). The minimum Gasteiger partial charge on any atom is -0.468 e. The topological polar surface area (TPSA) is 96.2 Å². The monoisotopic (exact) mass is 242 g/mol. The van der Waals surface area contributed by atoms with Crippen molar-refractivity contribution < 1.29 is 19.1 Å². The fraction of sp³-hybridized carbons (Fsp3) is 0.667. The second kappa shape index (κ2) is 6.56. The minimum atomic E-state index is -0.646. The van der Waals surface area contributed by atoms with Crippen LogP contribution in [0.15, 0.2) is 0 Å². The average molecular weight is 242 g/mol. The lowest BCUT2D eigenvalue weighted by Crippen LogP contribution is -2.20. The Morgan fingerprint density at radius 2 is 2.18 bits per heavy atom. The van der Waals surface area contributed by atoms with E-state index in [9.17, 15) is 9.59 Å². The Bertz CT molecular complexity index is 390. The van der Waals surface area contributed by atoms with Crippen molar-refractivity contribution in [3.05, 3.63) is 5.82 Å². The lowest BCUT2D eigenvalue weighted by atomic mass is 10.4. The van der Waals surface area contributed by atoms with Crippen molar-refractivity contribution in [1.29, 1.82) is 0 Å². The molecule has 0 saturated heterocycles. The minimum absolute atomic E-state index is 0.105. The van der Waals surface area contributed by atoms with Crippen LogP contribution >= 0.6 is 0 Å². The Labute approximate surface area is 97.9 Å². The third-order valence-corrected chi connectivity index (χ3v) is 1.95. The summed E-state index contributed by atoms with van der Waals surface area (Å²) in [6.45, 7) is 2.07. The van der Waals surface area contributed by atoms with E-state index in [0.29, 0.717) is 6.61 Å². The van der Waals surface area contributed by atoms with Crippen LogP contribution in [0, 0.1) is 0 Å². The van der Waals surface area contributed by atoms with Crippen molar-refractivity contribution in [2.75, 3.05) is 13.7 Å². The van der Waals surface area contributed by atoms with Gasteiger partial charge in [0.25, 0.3) is 5.82 Å². The molecule has 8 heteroatoms. The number of tetrazole rings is 1. The van der Waals surface area contributed by atoms with Gasteiger partial charge in [-0.15, -0.1) is 5.10 Å². The molecular formula is C9H14N4O4. The summed E-state index contributed by atoms with van der Waals surface area (Å²) in [6.07, 6.45) is 1.69. The summed E-state index contributed by atoms with van der Waals surface area (Å²) in [7, 11) is 1.24. The van der Waals surface area contributed by atoms with Gasteiger partial charge < -0.3 is 9.47 Å². The molecular weight excluding hydrogens is 228 g/mol. The standard InChI is InChI=1S/C9H14N4O4/c1-3-4-5-17-9(15)8-10-11-12-13(8)6-7(14)16-2/h3-6H2,1-2H3. The third kappa shape index (κ3) is 3.82. The summed E-state index contributed by atoms with van der Waals surface area (Å²) in [4.78, 5) is 22.6. The molecule has 0 unspecified atom stereocenters. The van der Waals surface area contributed by atoms with Crippen LogP contribution in [-0.2, 0) is 20.8 Å². The van der Waals surface area contributed by atoms with Crippen LogP contribution in [0.4, 0.5) is 0 Å². The molecule has 94 valence electrons. The molecule has 0 spiro atoms. The van der Waals surface area contributed by atoms with Crippen molar-refractivity contribution in [2.24, 2.45) is 0 Å². The lowest BCUT2D eigenvalue weighted by Gasteiger charge is -2.03. The summed E-state index contributed by atoms with van der Waals surface area (Å²) >= 11 is 0. The van der Waals surface area contributed by atoms with Crippen LogP contribution in [0.25, 0.3) is 0 Å². The molecule has 0 amide bonds. The Kier molecular flexibility index (Phi) is 5.05. The molecule has 0 aromatic carbocycles. The third-order valence-electron chi connectivity index (χ3n) is 1.95. The predicted molar refractivity (Wildman–Crippen MR) is 55.0 cm³/mol. The largest absolute Gasteiger partial charge is 0.468 e. The maximum Gasteiger partial charge on any atom is 0.378 e. The highest BCUT2D eigenvalue weighted by Gasteiger charge is 2.18. The molecule has 0 radical (unpaired) electrons. The quantitative estimate of drug-likeness (QED) is 0.503. The van der Waals surface area contributed by atoms with E-state index in [0.717, 1.165) is 17.5 Å². The molecule has 0 N–H and O–H groups in total. The molecule has 0 saturated carbocycles. The molecule has 0 aliphatic heterocycles. The molecule has 0 aliphatic carbocycles. The van der Waals surface area contributed by atoms with Gasteiger partial charge in [0, 0.05) is 0 Å². The summed E-state index contributed by atoms with van der Waals surface area (Å²) in [5.74, 6) is -1.29. The summed E-state index contributed by atoms with van der Waals surface area (Å²) in [5.41, 5.74) is 0. The number of ether oxygens (including phenoxy) is 2. The molecule has 1 aromatic heterocycles. The SMILES string of the molecule is CCCCOC(=O)c1nnnn1CC(=O)OC. The van der Waals surface area contributed by atoms with Gasteiger partial charge in [-0.1, -0.05) is 13.3 Å². The van der Waals surface area contributed by atoms with Crippen molar-refractivity contribution in [3.63, 3.8) is 0 Å². The number of unbranched alkanes of at least 4 members (excludes halogenated alkanes) is 1. The first-order chi connectivity index (χ1) is 8.19. The van der Waals surface area contributed by atoms with Crippen LogP contribution in [-0.4, -0.2) is 45.9 Å². The molecule has 0 aliphatic rings. The second-order valence-electron chi connectivity index (χ2n) is 3.23. The smallest absolute Gasteiger partial charge is 0.378 e. The number of esters is 2. The van der Waals surface area contributed by atoms with E-state index in [1.54, 1.807) is 0 Å². The number of carbonyl (C=O) groups is 2. The predicted octanol–water partition coefficient (Wildman–Crippen LogP) is -0.197. The second-order valence-corrected chi connectivity index (χ2v) is 3.23. The van der Waals surface area contributed by atoms with Crippen LogP contribution in [0.3, 0.4) is 0 Å². The number of carbonyl (C=O) groups excluding carboxylic acids is 2. The first kappa shape index (κ1) is 13.1. The Balaban J connectivity index is 2.61. The highest BCUT2D eigenvalue weighted by Crippen LogP contribution is 1.98. The van der Waals surface area contributed by atoms with Crippen molar-refractivity contribution in [3.8, 4) is 0 Å². The Morgan fingerprint density at radius 1 is 1.41 bits per heavy atom. The van der Waals surface area contributed by atoms with E-state index in [4.69, 9.17) is 4.74 Å². The molecule has 0 bridgehead atoms. The molecule has 1 heterocycles. The number of rotatable bonds is 6. The van der Waals surface area contributed by atoms with E-state index >= 15 is 0 Å². The first-order valence-corrected chi connectivity index (χ1v) is 5.19. The zero-order valence-electron chi connectivity index (χ0n) is 9.75. The van der Waals surface area contributed by atoms with Crippen LogP contribution in [0.5, 0.6) is 0 Å². The Morgan fingerprint density at radius 3 is 2.82 bits per heavy atom. The Hall–Kier alpha value is -1.99. The molecule has 17 heavy (non-hydrogen) atoms. The molecule has 0 atom stereocenters. The van der Waals surface area contributed by atoms with Gasteiger partial charge in [0.1, 0.15) is 6.54 Å². The number of hydrogen-bond acceptors (Lipinski definition) is 7. The zero-order valence-corrected chi connectivity index (χ0v) is 9.75. The van der Waals surface area contributed by atoms with Gasteiger partial charge in [-0.2, -0.15) is 0 Å². The highest BCUT2D eigenvalue weighted by atomic mass is 16.5. The molecule has 0 fully saturated rings. The van der Waals surface area contributed by atoms with Crippen LogP contribution < -0.4 is 0 Å². The zero-order chi connectivity index (χ0) is 12.7.